The number of unbranched alkanes of at least 4 members (excludes halogenated alkanes) is 54. The van der Waals surface area contributed by atoms with Crippen LogP contribution in [0.25, 0.3) is 0 Å². The van der Waals surface area contributed by atoms with Gasteiger partial charge in [-0.3, -0.25) is 9.59 Å². The number of aliphatic hydroxyl groups is 2. The Kier molecular flexibility index (Phi) is 68.4. The van der Waals surface area contributed by atoms with E-state index in [4.69, 9.17) is 4.74 Å². The Balaban J connectivity index is 3.35. The molecule has 2 atom stereocenters. The van der Waals surface area contributed by atoms with E-state index in [-0.39, 0.29) is 18.5 Å². The van der Waals surface area contributed by atoms with Crippen molar-refractivity contribution in [1.29, 1.82) is 0 Å². The van der Waals surface area contributed by atoms with Crippen LogP contribution in [0.5, 0.6) is 0 Å². The van der Waals surface area contributed by atoms with Gasteiger partial charge in [-0.15, -0.1) is 0 Å². The summed E-state index contributed by atoms with van der Waals surface area (Å²) in [5, 5.41) is 23.4. The summed E-state index contributed by atoms with van der Waals surface area (Å²) in [6.07, 6.45) is 88.2. The van der Waals surface area contributed by atoms with Crippen LogP contribution >= 0.6 is 0 Å². The highest BCUT2D eigenvalue weighted by Gasteiger charge is 2.20. The molecular weight excluding hydrogens is 983 g/mol. The lowest BCUT2D eigenvalue weighted by atomic mass is 10.0. The molecule has 0 spiro atoms. The lowest BCUT2D eigenvalue weighted by Crippen LogP contribution is -2.45. The predicted octanol–water partition coefficient (Wildman–Crippen LogP) is 23.7. The molecule has 0 fully saturated rings. The molecule has 1 amide bonds. The van der Waals surface area contributed by atoms with Gasteiger partial charge < -0.3 is 20.3 Å². The van der Waals surface area contributed by atoms with Crippen LogP contribution in [-0.2, 0) is 14.3 Å². The van der Waals surface area contributed by atoms with Crippen molar-refractivity contribution < 1.29 is 24.5 Å². The third-order valence-corrected chi connectivity index (χ3v) is 17.2. The number of nitrogens with one attached hydrogen (secondary N) is 1. The molecule has 0 aromatic rings. The van der Waals surface area contributed by atoms with Gasteiger partial charge in [-0.25, -0.2) is 0 Å². The summed E-state index contributed by atoms with van der Waals surface area (Å²) < 4.78 is 5.48. The highest BCUT2D eigenvalue weighted by atomic mass is 16.5. The summed E-state index contributed by atoms with van der Waals surface area (Å²) in [5.74, 6) is -0.0186. The van der Waals surface area contributed by atoms with Crippen LogP contribution in [0.4, 0.5) is 0 Å². The minimum Gasteiger partial charge on any atom is -0.466 e. The molecule has 6 heteroatoms. The first-order valence-corrected chi connectivity index (χ1v) is 36.6. The van der Waals surface area contributed by atoms with Crippen molar-refractivity contribution in [2.24, 2.45) is 0 Å². The average molecular weight is 1130 g/mol. The van der Waals surface area contributed by atoms with Gasteiger partial charge in [-0.1, -0.05) is 346 Å². The Bertz CT molecular complexity index is 1250. The van der Waals surface area contributed by atoms with Gasteiger partial charge in [0.25, 0.3) is 0 Å². The van der Waals surface area contributed by atoms with Crippen molar-refractivity contribution in [2.75, 3.05) is 13.2 Å². The van der Waals surface area contributed by atoms with Crippen LogP contribution in [0.1, 0.15) is 412 Å². The van der Waals surface area contributed by atoms with Crippen LogP contribution in [0.15, 0.2) is 24.3 Å². The number of hydrogen-bond acceptors (Lipinski definition) is 5. The van der Waals surface area contributed by atoms with Crippen molar-refractivity contribution in [1.82, 2.24) is 5.32 Å². The zero-order chi connectivity index (χ0) is 57.8. The maximum atomic E-state index is 12.5. The van der Waals surface area contributed by atoms with Crippen LogP contribution in [0.3, 0.4) is 0 Å². The summed E-state index contributed by atoms with van der Waals surface area (Å²) in [4.78, 5) is 24.6. The molecule has 0 aliphatic carbocycles. The molecule has 80 heavy (non-hydrogen) atoms. The minimum atomic E-state index is -0.662. The van der Waals surface area contributed by atoms with Gasteiger partial charge in [-0.2, -0.15) is 0 Å². The number of hydrogen-bond donors (Lipinski definition) is 3. The first kappa shape index (κ1) is 78.3. The quantitative estimate of drug-likeness (QED) is 0.0320. The normalized spacial score (nSPS) is 12.6. The van der Waals surface area contributed by atoms with E-state index in [1.807, 2.05) is 0 Å². The minimum absolute atomic E-state index is 0.00916. The van der Waals surface area contributed by atoms with E-state index < -0.39 is 12.1 Å². The summed E-state index contributed by atoms with van der Waals surface area (Å²) in [5.41, 5.74) is 0. The average Bonchev–Trinajstić information content (AvgIpc) is 3.46. The molecule has 0 rings (SSSR count). The smallest absolute Gasteiger partial charge is 0.305 e. The van der Waals surface area contributed by atoms with E-state index in [1.165, 1.54) is 334 Å². The van der Waals surface area contributed by atoms with Crippen LogP contribution in [-0.4, -0.2) is 47.4 Å². The zero-order valence-electron chi connectivity index (χ0n) is 54.3. The van der Waals surface area contributed by atoms with Crippen LogP contribution in [0.2, 0.25) is 0 Å². The molecular formula is C74H143NO5. The van der Waals surface area contributed by atoms with Gasteiger partial charge in [0.05, 0.1) is 25.4 Å². The molecule has 474 valence electrons. The fourth-order valence-electron chi connectivity index (χ4n) is 11.6. The van der Waals surface area contributed by atoms with E-state index in [0.29, 0.717) is 25.9 Å². The molecule has 0 aliphatic heterocycles. The van der Waals surface area contributed by atoms with E-state index in [1.54, 1.807) is 0 Å². The molecule has 0 aliphatic rings. The Morgan fingerprint density at radius 2 is 0.588 bits per heavy atom. The number of esters is 1. The van der Waals surface area contributed by atoms with Crippen molar-refractivity contribution in [3.05, 3.63) is 24.3 Å². The lowest BCUT2D eigenvalue weighted by molar-refractivity contribution is -0.143. The topological polar surface area (TPSA) is 95.9 Å². The number of aliphatic hydroxyl groups excluding tert-OH is 2. The van der Waals surface area contributed by atoms with E-state index in [0.717, 1.165) is 44.9 Å². The van der Waals surface area contributed by atoms with Gasteiger partial charge in [0.1, 0.15) is 0 Å². The Morgan fingerprint density at radius 3 is 0.912 bits per heavy atom. The highest BCUT2D eigenvalue weighted by molar-refractivity contribution is 5.76. The standard InChI is InChI=1S/C74H143NO5/c1-3-5-7-9-11-13-15-17-18-19-37-40-43-46-50-54-58-62-66-72(77)71(70-76)75-73(78)67-63-59-55-51-47-44-41-38-35-33-31-29-27-25-23-21-20-22-24-26-28-30-32-34-36-39-42-45-49-53-57-61-65-69-80-74(79)68-64-60-56-52-48-16-14-12-10-8-6-4-2/h12,14,24,26,71-72,76-77H,3-11,13,15-23,25,27-70H2,1-2H3,(H,75,78)/b14-12-,26-24-. The molecule has 0 radical (unpaired) electrons. The number of amides is 1. The van der Waals surface area contributed by atoms with Crippen molar-refractivity contribution in [3.63, 3.8) is 0 Å². The Morgan fingerprint density at radius 1 is 0.338 bits per heavy atom. The second kappa shape index (κ2) is 69.8. The maximum absolute atomic E-state index is 12.5. The predicted molar refractivity (Wildman–Crippen MR) is 352 cm³/mol. The third-order valence-electron chi connectivity index (χ3n) is 17.2. The Labute approximate surface area is 501 Å². The number of carbonyl (C=O) groups is 2. The SMILES string of the molecule is CCCCC/C=C\CCCCCCCC(=O)OCCCCCCCCCCCCCC/C=C\CCCCCCCCCCCCCCCCCCCC(=O)NC(CO)C(O)CCCCCCCCCCCCCCCCCCCC. The van der Waals surface area contributed by atoms with Crippen LogP contribution < -0.4 is 5.32 Å². The number of rotatable bonds is 69. The molecule has 0 bridgehead atoms. The van der Waals surface area contributed by atoms with E-state index >= 15 is 0 Å². The summed E-state index contributed by atoms with van der Waals surface area (Å²) in [6, 6.07) is -0.539. The van der Waals surface area contributed by atoms with Gasteiger partial charge >= 0.3 is 5.97 Å². The molecule has 0 saturated heterocycles. The fraction of sp³-hybridized carbons (Fsp3) is 0.919. The summed E-state index contributed by atoms with van der Waals surface area (Å²) >= 11 is 0. The largest absolute Gasteiger partial charge is 0.466 e. The third kappa shape index (κ3) is 65.5. The monoisotopic (exact) mass is 1130 g/mol. The molecule has 6 nitrogen and oxygen atoms in total. The number of allylic oxidation sites excluding steroid dienone is 4. The second-order valence-electron chi connectivity index (χ2n) is 25.3. The summed E-state index contributed by atoms with van der Waals surface area (Å²) in [7, 11) is 0. The highest BCUT2D eigenvalue weighted by Crippen LogP contribution is 2.19. The molecule has 0 heterocycles. The maximum Gasteiger partial charge on any atom is 0.305 e. The molecule has 0 aromatic heterocycles. The van der Waals surface area contributed by atoms with Gasteiger partial charge in [-0.05, 0) is 77.0 Å². The van der Waals surface area contributed by atoms with Crippen LogP contribution in [0, 0.1) is 0 Å². The van der Waals surface area contributed by atoms with E-state index in [2.05, 4.69) is 43.5 Å². The molecule has 3 N–H and O–H groups in total. The van der Waals surface area contributed by atoms with E-state index in [9.17, 15) is 19.8 Å². The number of ether oxygens (including phenoxy) is 1. The first-order chi connectivity index (χ1) is 39.5. The van der Waals surface area contributed by atoms with Gasteiger partial charge in [0, 0.05) is 12.8 Å². The Hall–Kier alpha value is -1.66. The fourth-order valence-corrected chi connectivity index (χ4v) is 11.6. The zero-order valence-corrected chi connectivity index (χ0v) is 54.3. The van der Waals surface area contributed by atoms with Gasteiger partial charge in [0.15, 0.2) is 0 Å². The van der Waals surface area contributed by atoms with Crippen molar-refractivity contribution in [3.8, 4) is 0 Å². The lowest BCUT2D eigenvalue weighted by Gasteiger charge is -2.22. The molecule has 2 unspecified atom stereocenters. The first-order valence-electron chi connectivity index (χ1n) is 36.6. The molecule has 0 aromatic carbocycles. The summed E-state index contributed by atoms with van der Waals surface area (Å²) in [6.45, 7) is 4.97. The van der Waals surface area contributed by atoms with Crippen molar-refractivity contribution in [2.45, 2.75) is 424 Å². The van der Waals surface area contributed by atoms with Gasteiger partial charge in [0.2, 0.25) is 5.91 Å². The second-order valence-corrected chi connectivity index (χ2v) is 25.3. The van der Waals surface area contributed by atoms with Crippen molar-refractivity contribution >= 4 is 11.9 Å². The molecule has 0 saturated carbocycles. The number of carbonyl (C=O) groups excluding carboxylic acids is 2.